The second-order valence-electron chi connectivity index (χ2n) is 16.9. The van der Waals surface area contributed by atoms with Gasteiger partial charge in [-0.05, 0) is 64.2 Å². The maximum Gasteiger partial charge on any atom is 0.306 e. The topological polar surface area (TPSA) is 95.9 Å². The van der Waals surface area contributed by atoms with E-state index in [0.29, 0.717) is 25.7 Å². The van der Waals surface area contributed by atoms with E-state index in [1.165, 1.54) is 128 Å². The molecule has 0 radical (unpaired) electrons. The highest BCUT2D eigenvalue weighted by Crippen LogP contribution is 2.17. The molecule has 0 aromatic rings. The van der Waals surface area contributed by atoms with Gasteiger partial charge in [-0.15, -0.1) is 0 Å². The third-order valence-electron chi connectivity index (χ3n) is 11.2. The lowest BCUT2D eigenvalue weighted by Gasteiger charge is -2.24. The molecule has 6 heteroatoms. The fourth-order valence-electron chi connectivity index (χ4n) is 7.36. The first-order valence-electron chi connectivity index (χ1n) is 24.9. The van der Waals surface area contributed by atoms with Gasteiger partial charge in [-0.1, -0.05) is 217 Å². The van der Waals surface area contributed by atoms with Gasteiger partial charge in [-0.3, -0.25) is 9.59 Å². The van der Waals surface area contributed by atoms with Gasteiger partial charge in [0, 0.05) is 6.42 Å². The fourth-order valence-corrected chi connectivity index (χ4v) is 7.36. The number of unbranched alkanes of at least 4 members (excludes halogenated alkanes) is 24. The van der Waals surface area contributed by atoms with E-state index in [1.54, 1.807) is 0 Å². The van der Waals surface area contributed by atoms with Crippen LogP contribution in [0, 0.1) is 0 Å². The summed E-state index contributed by atoms with van der Waals surface area (Å²) in [5, 5.41) is 23.7. The second-order valence-corrected chi connectivity index (χ2v) is 16.9. The van der Waals surface area contributed by atoms with Crippen molar-refractivity contribution in [3.8, 4) is 0 Å². The Balaban J connectivity index is 4.60. The summed E-state index contributed by atoms with van der Waals surface area (Å²) in [6.07, 6.45) is 54.6. The third-order valence-corrected chi connectivity index (χ3v) is 11.2. The molecule has 6 nitrogen and oxygen atoms in total. The molecule has 0 aliphatic carbocycles. The number of hydrogen-bond donors (Lipinski definition) is 3. The van der Waals surface area contributed by atoms with Crippen LogP contribution in [-0.2, 0) is 14.3 Å². The number of rotatable bonds is 44. The second kappa shape index (κ2) is 45.9. The first-order chi connectivity index (χ1) is 28.5. The molecular formula is C52H95NO5. The van der Waals surface area contributed by atoms with Crippen LogP contribution in [0.3, 0.4) is 0 Å². The van der Waals surface area contributed by atoms with Gasteiger partial charge in [0.1, 0.15) is 6.10 Å². The molecule has 0 saturated heterocycles. The fraction of sp³-hybridized carbons (Fsp3) is 0.808. The van der Waals surface area contributed by atoms with Crippen molar-refractivity contribution in [2.24, 2.45) is 0 Å². The molecule has 0 heterocycles. The summed E-state index contributed by atoms with van der Waals surface area (Å²) in [5.41, 5.74) is 0. The normalized spacial score (nSPS) is 13.7. The van der Waals surface area contributed by atoms with Gasteiger partial charge in [0.2, 0.25) is 5.91 Å². The third kappa shape index (κ3) is 40.6. The van der Waals surface area contributed by atoms with E-state index in [1.807, 2.05) is 0 Å². The minimum atomic E-state index is -0.794. The Morgan fingerprint density at radius 1 is 0.500 bits per heavy atom. The lowest BCUT2D eigenvalue weighted by Crippen LogP contribution is -2.46. The molecule has 0 spiro atoms. The summed E-state index contributed by atoms with van der Waals surface area (Å²) in [6, 6.07) is -0.709. The number of ether oxygens (including phenoxy) is 1. The zero-order valence-electron chi connectivity index (χ0n) is 38.4. The van der Waals surface area contributed by atoms with E-state index in [4.69, 9.17) is 4.74 Å². The summed E-state index contributed by atoms with van der Waals surface area (Å²) < 4.78 is 5.89. The zero-order valence-corrected chi connectivity index (χ0v) is 38.4. The average molecular weight is 814 g/mol. The molecule has 0 fully saturated rings. The zero-order chi connectivity index (χ0) is 42.4. The van der Waals surface area contributed by atoms with Crippen LogP contribution < -0.4 is 5.32 Å². The van der Waals surface area contributed by atoms with Crippen LogP contribution in [0.1, 0.15) is 245 Å². The summed E-state index contributed by atoms with van der Waals surface area (Å²) in [7, 11) is 0. The lowest BCUT2D eigenvalue weighted by atomic mass is 10.0. The summed E-state index contributed by atoms with van der Waals surface area (Å²) in [6.45, 7) is 6.43. The van der Waals surface area contributed by atoms with Gasteiger partial charge in [-0.2, -0.15) is 0 Å². The van der Waals surface area contributed by atoms with E-state index in [9.17, 15) is 19.8 Å². The molecule has 0 aromatic heterocycles. The van der Waals surface area contributed by atoms with Crippen LogP contribution in [0.15, 0.2) is 48.6 Å². The van der Waals surface area contributed by atoms with Crippen molar-refractivity contribution in [3.63, 3.8) is 0 Å². The van der Waals surface area contributed by atoms with Crippen LogP contribution in [0.5, 0.6) is 0 Å². The molecular weight excluding hydrogens is 719 g/mol. The van der Waals surface area contributed by atoms with Crippen molar-refractivity contribution in [1.82, 2.24) is 5.32 Å². The van der Waals surface area contributed by atoms with Crippen molar-refractivity contribution in [3.05, 3.63) is 48.6 Å². The Kier molecular flexibility index (Phi) is 44.2. The summed E-state index contributed by atoms with van der Waals surface area (Å²) in [4.78, 5) is 26.0. The van der Waals surface area contributed by atoms with Crippen LogP contribution >= 0.6 is 0 Å². The standard InChI is InChI=1S/C52H95NO5/c1-4-7-10-13-16-19-22-24-25-26-27-28-30-33-36-39-42-45-52(57)58-48(43-40-37-34-31-21-18-15-12-9-6-3)46-51(56)53-49(47-54)50(55)44-41-38-35-32-29-23-20-17-14-11-8-5-2/h16,19,24-25,27-28,33,36,48-50,54-55H,4-15,17-18,20-23,26,29-32,34-35,37-47H2,1-3H3,(H,53,56)/b19-16-,25-24-,28-27-,36-33-. The highest BCUT2D eigenvalue weighted by molar-refractivity contribution is 5.77. The molecule has 1 amide bonds. The van der Waals surface area contributed by atoms with Crippen molar-refractivity contribution >= 4 is 11.9 Å². The number of aliphatic hydroxyl groups excluding tert-OH is 2. The van der Waals surface area contributed by atoms with Crippen LogP contribution in [0.2, 0.25) is 0 Å². The molecule has 0 rings (SSSR count). The molecule has 0 aromatic carbocycles. The first-order valence-corrected chi connectivity index (χ1v) is 24.9. The maximum absolute atomic E-state index is 13.1. The van der Waals surface area contributed by atoms with Gasteiger partial charge in [0.05, 0.1) is 25.2 Å². The molecule has 3 atom stereocenters. The van der Waals surface area contributed by atoms with Crippen LogP contribution in [-0.4, -0.2) is 46.9 Å². The van der Waals surface area contributed by atoms with Gasteiger partial charge in [-0.25, -0.2) is 0 Å². The lowest BCUT2D eigenvalue weighted by molar-refractivity contribution is -0.151. The van der Waals surface area contributed by atoms with Crippen molar-refractivity contribution < 1.29 is 24.5 Å². The number of carbonyl (C=O) groups excluding carboxylic acids is 2. The average Bonchev–Trinajstić information content (AvgIpc) is 3.22. The minimum absolute atomic E-state index is 0.0577. The minimum Gasteiger partial charge on any atom is -0.462 e. The Bertz CT molecular complexity index is 1000. The van der Waals surface area contributed by atoms with Crippen LogP contribution in [0.4, 0.5) is 0 Å². The monoisotopic (exact) mass is 814 g/mol. The molecule has 3 unspecified atom stereocenters. The largest absolute Gasteiger partial charge is 0.462 e. The van der Waals surface area contributed by atoms with Crippen molar-refractivity contribution in [1.29, 1.82) is 0 Å². The highest BCUT2D eigenvalue weighted by atomic mass is 16.5. The molecule has 3 N–H and O–H groups in total. The predicted molar refractivity (Wildman–Crippen MR) is 250 cm³/mol. The maximum atomic E-state index is 13.1. The van der Waals surface area contributed by atoms with Gasteiger partial charge < -0.3 is 20.3 Å². The Hall–Kier alpha value is -2.18. The Morgan fingerprint density at radius 2 is 0.879 bits per heavy atom. The highest BCUT2D eigenvalue weighted by Gasteiger charge is 2.24. The van der Waals surface area contributed by atoms with Crippen molar-refractivity contribution in [2.75, 3.05) is 6.61 Å². The molecule has 0 saturated carbocycles. The Labute approximate surface area is 359 Å². The SMILES string of the molecule is CCCCC/C=C\C/C=C\C/C=C\C/C=C\CCCC(=O)OC(CCCCCCCCCCCC)CC(=O)NC(CO)C(O)CCCCCCCCCCCCCC. The number of nitrogens with one attached hydrogen (secondary N) is 1. The Morgan fingerprint density at radius 3 is 1.33 bits per heavy atom. The summed E-state index contributed by atoms with van der Waals surface area (Å²) >= 11 is 0. The number of carbonyl (C=O) groups is 2. The number of amides is 1. The van der Waals surface area contributed by atoms with E-state index in [2.05, 4.69) is 74.7 Å². The molecule has 338 valence electrons. The molecule has 0 aliphatic rings. The van der Waals surface area contributed by atoms with E-state index in [0.717, 1.165) is 64.2 Å². The number of esters is 1. The predicted octanol–water partition coefficient (Wildman–Crippen LogP) is 14.7. The van der Waals surface area contributed by atoms with Crippen molar-refractivity contribution in [2.45, 2.75) is 264 Å². The first kappa shape index (κ1) is 55.8. The van der Waals surface area contributed by atoms with Gasteiger partial charge >= 0.3 is 5.97 Å². The number of allylic oxidation sites excluding steroid dienone is 8. The number of aliphatic hydroxyl groups is 2. The summed E-state index contributed by atoms with van der Waals surface area (Å²) in [5.74, 6) is -0.537. The van der Waals surface area contributed by atoms with Gasteiger partial charge in [0.15, 0.2) is 0 Å². The van der Waals surface area contributed by atoms with Crippen LogP contribution in [0.25, 0.3) is 0 Å². The van der Waals surface area contributed by atoms with Gasteiger partial charge in [0.25, 0.3) is 0 Å². The molecule has 0 aliphatic heterocycles. The smallest absolute Gasteiger partial charge is 0.306 e. The van der Waals surface area contributed by atoms with E-state index < -0.39 is 18.2 Å². The molecule has 0 bridgehead atoms. The van der Waals surface area contributed by atoms with E-state index in [-0.39, 0.29) is 24.9 Å². The quantitative estimate of drug-likeness (QED) is 0.0323. The molecule has 58 heavy (non-hydrogen) atoms. The number of hydrogen-bond acceptors (Lipinski definition) is 5. The van der Waals surface area contributed by atoms with E-state index >= 15 is 0 Å².